The lowest BCUT2D eigenvalue weighted by atomic mass is 10.0. The lowest BCUT2D eigenvalue weighted by Gasteiger charge is -2.10. The second-order valence-electron chi connectivity index (χ2n) is 4.43. The molecule has 0 aliphatic rings. The van der Waals surface area contributed by atoms with E-state index in [1.165, 1.54) is 5.56 Å². The van der Waals surface area contributed by atoms with Crippen molar-refractivity contribution < 1.29 is 4.74 Å². The van der Waals surface area contributed by atoms with Gasteiger partial charge in [0.15, 0.2) is 0 Å². The van der Waals surface area contributed by atoms with E-state index in [0.717, 1.165) is 5.75 Å². The van der Waals surface area contributed by atoms with Crippen molar-refractivity contribution in [1.82, 2.24) is 0 Å². The third-order valence-electron chi connectivity index (χ3n) is 2.60. The van der Waals surface area contributed by atoms with Crippen LogP contribution >= 0.6 is 23.2 Å². The van der Waals surface area contributed by atoms with Gasteiger partial charge in [0.2, 0.25) is 0 Å². The van der Waals surface area contributed by atoms with E-state index in [9.17, 15) is 0 Å². The summed E-state index contributed by atoms with van der Waals surface area (Å²) in [4.78, 5) is 0. The molecular formula is C15H14Cl2O. The molecule has 0 aromatic heterocycles. The molecule has 0 atom stereocenters. The number of hydrogen-bond donors (Lipinski definition) is 0. The standard InChI is InChI=1S/C15H14Cl2O/c1-10(2)11-4-3-5-14(6-11)18-15-8-12(16)7-13(17)9-15/h3-10H,1-2H3. The summed E-state index contributed by atoms with van der Waals surface area (Å²) in [6.45, 7) is 4.30. The molecule has 0 bridgehead atoms. The highest BCUT2D eigenvalue weighted by atomic mass is 35.5. The van der Waals surface area contributed by atoms with Crippen LogP contribution < -0.4 is 4.74 Å². The van der Waals surface area contributed by atoms with Gasteiger partial charge in [-0.2, -0.15) is 0 Å². The van der Waals surface area contributed by atoms with Crippen LogP contribution in [0.3, 0.4) is 0 Å². The van der Waals surface area contributed by atoms with Gasteiger partial charge in [-0.05, 0) is 41.8 Å². The SMILES string of the molecule is CC(C)c1cccc(Oc2cc(Cl)cc(Cl)c2)c1. The Bertz CT molecular complexity index is 530. The van der Waals surface area contributed by atoms with E-state index in [1.807, 2.05) is 18.2 Å². The van der Waals surface area contributed by atoms with Crippen LogP contribution in [0.4, 0.5) is 0 Å². The monoisotopic (exact) mass is 280 g/mol. The molecule has 0 unspecified atom stereocenters. The molecule has 2 aromatic carbocycles. The zero-order valence-electron chi connectivity index (χ0n) is 10.3. The fraction of sp³-hybridized carbons (Fsp3) is 0.200. The molecule has 0 saturated carbocycles. The lowest BCUT2D eigenvalue weighted by Crippen LogP contribution is -1.89. The minimum Gasteiger partial charge on any atom is -0.457 e. The summed E-state index contributed by atoms with van der Waals surface area (Å²) in [5, 5.41) is 1.13. The van der Waals surface area contributed by atoms with Gasteiger partial charge >= 0.3 is 0 Å². The van der Waals surface area contributed by atoms with Gasteiger partial charge in [0, 0.05) is 10.0 Å². The molecule has 0 aliphatic carbocycles. The van der Waals surface area contributed by atoms with Crippen molar-refractivity contribution in [2.75, 3.05) is 0 Å². The Balaban J connectivity index is 2.25. The molecule has 0 amide bonds. The van der Waals surface area contributed by atoms with Crippen molar-refractivity contribution in [3.05, 3.63) is 58.1 Å². The van der Waals surface area contributed by atoms with Gasteiger partial charge in [-0.15, -0.1) is 0 Å². The lowest BCUT2D eigenvalue weighted by molar-refractivity contribution is 0.481. The molecule has 2 rings (SSSR count). The molecule has 0 radical (unpaired) electrons. The van der Waals surface area contributed by atoms with Gasteiger partial charge < -0.3 is 4.74 Å². The average molecular weight is 281 g/mol. The van der Waals surface area contributed by atoms with Crippen molar-refractivity contribution in [2.45, 2.75) is 19.8 Å². The van der Waals surface area contributed by atoms with E-state index in [0.29, 0.717) is 21.7 Å². The van der Waals surface area contributed by atoms with Gasteiger partial charge in [0.1, 0.15) is 11.5 Å². The second kappa shape index (κ2) is 5.64. The summed E-state index contributed by atoms with van der Waals surface area (Å²) in [6, 6.07) is 13.2. The fourth-order valence-corrected chi connectivity index (χ4v) is 2.17. The van der Waals surface area contributed by atoms with E-state index in [2.05, 4.69) is 19.9 Å². The molecule has 3 heteroatoms. The third-order valence-corrected chi connectivity index (χ3v) is 3.03. The highest BCUT2D eigenvalue weighted by molar-refractivity contribution is 6.34. The van der Waals surface area contributed by atoms with E-state index >= 15 is 0 Å². The molecule has 0 fully saturated rings. The van der Waals surface area contributed by atoms with E-state index in [-0.39, 0.29) is 0 Å². The highest BCUT2D eigenvalue weighted by Crippen LogP contribution is 2.29. The Morgan fingerprint density at radius 1 is 0.889 bits per heavy atom. The topological polar surface area (TPSA) is 9.23 Å². The van der Waals surface area contributed by atoms with Crippen LogP contribution in [0, 0.1) is 0 Å². The average Bonchev–Trinajstić information content (AvgIpc) is 2.27. The fourth-order valence-electron chi connectivity index (χ4n) is 1.66. The predicted molar refractivity (Wildman–Crippen MR) is 77.1 cm³/mol. The number of ether oxygens (including phenoxy) is 1. The Kier molecular flexibility index (Phi) is 4.15. The maximum absolute atomic E-state index is 5.93. The van der Waals surface area contributed by atoms with Gasteiger partial charge in [-0.1, -0.05) is 49.2 Å². The number of halogens is 2. The highest BCUT2D eigenvalue weighted by Gasteiger charge is 2.04. The number of rotatable bonds is 3. The van der Waals surface area contributed by atoms with Crippen LogP contribution in [0.5, 0.6) is 11.5 Å². The summed E-state index contributed by atoms with van der Waals surface area (Å²) in [7, 11) is 0. The predicted octanol–water partition coefficient (Wildman–Crippen LogP) is 5.91. The number of benzene rings is 2. The summed E-state index contributed by atoms with van der Waals surface area (Å²) in [6.07, 6.45) is 0. The van der Waals surface area contributed by atoms with Gasteiger partial charge in [0.05, 0.1) is 0 Å². The van der Waals surface area contributed by atoms with Crippen molar-refractivity contribution in [3.8, 4) is 11.5 Å². The van der Waals surface area contributed by atoms with E-state index in [4.69, 9.17) is 27.9 Å². The minimum atomic E-state index is 0.469. The van der Waals surface area contributed by atoms with Gasteiger partial charge in [-0.3, -0.25) is 0 Å². The molecule has 0 heterocycles. The zero-order chi connectivity index (χ0) is 13.1. The molecule has 0 saturated heterocycles. The van der Waals surface area contributed by atoms with Crippen molar-refractivity contribution >= 4 is 23.2 Å². The molecule has 94 valence electrons. The minimum absolute atomic E-state index is 0.469. The molecule has 0 spiro atoms. The van der Waals surface area contributed by atoms with Crippen LogP contribution in [0.15, 0.2) is 42.5 Å². The zero-order valence-corrected chi connectivity index (χ0v) is 11.8. The summed E-state index contributed by atoms with van der Waals surface area (Å²) < 4.78 is 5.76. The normalized spacial score (nSPS) is 10.7. The van der Waals surface area contributed by atoms with Crippen LogP contribution in [0.25, 0.3) is 0 Å². The quantitative estimate of drug-likeness (QED) is 0.679. The molecule has 2 aromatic rings. The van der Waals surface area contributed by atoms with Crippen LogP contribution in [0.2, 0.25) is 10.0 Å². The summed E-state index contributed by atoms with van der Waals surface area (Å²) in [5.41, 5.74) is 1.24. The number of hydrogen-bond acceptors (Lipinski definition) is 1. The molecular weight excluding hydrogens is 267 g/mol. The van der Waals surface area contributed by atoms with Crippen molar-refractivity contribution in [3.63, 3.8) is 0 Å². The van der Waals surface area contributed by atoms with Gasteiger partial charge in [0.25, 0.3) is 0 Å². The third kappa shape index (κ3) is 3.41. The van der Waals surface area contributed by atoms with Crippen molar-refractivity contribution in [1.29, 1.82) is 0 Å². The Labute approximate surface area is 117 Å². The first-order valence-corrected chi connectivity index (χ1v) is 6.54. The first kappa shape index (κ1) is 13.3. The second-order valence-corrected chi connectivity index (χ2v) is 5.31. The molecule has 0 N–H and O–H groups in total. The first-order valence-electron chi connectivity index (χ1n) is 5.78. The van der Waals surface area contributed by atoms with E-state index < -0.39 is 0 Å². The molecule has 0 aliphatic heterocycles. The van der Waals surface area contributed by atoms with Crippen molar-refractivity contribution in [2.24, 2.45) is 0 Å². The summed E-state index contributed by atoms with van der Waals surface area (Å²) in [5.74, 6) is 1.91. The molecule has 1 nitrogen and oxygen atoms in total. The first-order chi connectivity index (χ1) is 8.54. The maximum atomic E-state index is 5.93. The Morgan fingerprint density at radius 3 is 2.17 bits per heavy atom. The van der Waals surface area contributed by atoms with Gasteiger partial charge in [-0.25, -0.2) is 0 Å². The Morgan fingerprint density at radius 2 is 1.56 bits per heavy atom. The van der Waals surface area contributed by atoms with Crippen LogP contribution in [0.1, 0.15) is 25.3 Å². The van der Waals surface area contributed by atoms with Crippen LogP contribution in [-0.4, -0.2) is 0 Å². The Hall–Kier alpha value is -1.18. The van der Waals surface area contributed by atoms with Crippen LogP contribution in [-0.2, 0) is 0 Å². The maximum Gasteiger partial charge on any atom is 0.130 e. The summed E-state index contributed by atoms with van der Waals surface area (Å²) >= 11 is 11.9. The van der Waals surface area contributed by atoms with E-state index in [1.54, 1.807) is 18.2 Å². The largest absolute Gasteiger partial charge is 0.457 e. The molecule has 18 heavy (non-hydrogen) atoms. The smallest absolute Gasteiger partial charge is 0.130 e.